The largest absolute Gasteiger partial charge is 0.321 e. The zero-order valence-corrected chi connectivity index (χ0v) is 16.7. The van der Waals surface area contributed by atoms with Gasteiger partial charge >= 0.3 is 0 Å². The van der Waals surface area contributed by atoms with Gasteiger partial charge in [-0.1, -0.05) is 54.6 Å². The summed E-state index contributed by atoms with van der Waals surface area (Å²) in [6.45, 7) is 1.96. The van der Waals surface area contributed by atoms with Gasteiger partial charge in [-0.2, -0.15) is 0 Å². The molecule has 1 saturated carbocycles. The van der Waals surface area contributed by atoms with Gasteiger partial charge in [0.2, 0.25) is 0 Å². The summed E-state index contributed by atoms with van der Waals surface area (Å²) >= 11 is 0. The maximum Gasteiger partial charge on any atom is 0.170 e. The molecule has 1 aliphatic carbocycles. The Balaban J connectivity index is 1.61. The highest BCUT2D eigenvalue weighted by atomic mass is 15.2. The molecule has 1 aliphatic rings. The summed E-state index contributed by atoms with van der Waals surface area (Å²) in [7, 11) is 0. The number of hydrogen-bond acceptors (Lipinski definition) is 4. The van der Waals surface area contributed by atoms with E-state index in [9.17, 15) is 0 Å². The first-order valence-electron chi connectivity index (χ1n) is 10.2. The number of aryl methyl sites for hydroxylation is 1. The molecule has 5 nitrogen and oxygen atoms in total. The molecule has 1 fully saturated rings. The van der Waals surface area contributed by atoms with Crippen LogP contribution in [0, 0.1) is 6.92 Å². The fourth-order valence-electron chi connectivity index (χ4n) is 4.15. The van der Waals surface area contributed by atoms with Crippen LogP contribution < -0.4 is 5.73 Å². The van der Waals surface area contributed by atoms with E-state index in [2.05, 4.69) is 64.8 Å². The molecule has 5 aromatic rings. The molecule has 30 heavy (non-hydrogen) atoms. The van der Waals surface area contributed by atoms with Gasteiger partial charge in [0, 0.05) is 28.2 Å². The van der Waals surface area contributed by atoms with Gasteiger partial charge < -0.3 is 5.73 Å². The van der Waals surface area contributed by atoms with Gasteiger partial charge in [-0.3, -0.25) is 4.40 Å². The molecule has 6 rings (SSSR count). The van der Waals surface area contributed by atoms with Crippen molar-refractivity contribution >= 4 is 16.6 Å². The molecule has 0 saturated heterocycles. The van der Waals surface area contributed by atoms with Crippen LogP contribution in [0.2, 0.25) is 0 Å². The Kier molecular flexibility index (Phi) is 3.58. The quantitative estimate of drug-likeness (QED) is 0.476. The lowest BCUT2D eigenvalue weighted by atomic mass is 9.96. The van der Waals surface area contributed by atoms with Crippen molar-refractivity contribution in [2.75, 3.05) is 0 Å². The Morgan fingerprint density at radius 3 is 2.40 bits per heavy atom. The summed E-state index contributed by atoms with van der Waals surface area (Å²) < 4.78 is 2.00. The maximum absolute atomic E-state index is 6.38. The van der Waals surface area contributed by atoms with E-state index in [0.29, 0.717) is 0 Å². The first-order valence-corrected chi connectivity index (χ1v) is 10.2. The summed E-state index contributed by atoms with van der Waals surface area (Å²) in [6.07, 6.45) is 4.10. The van der Waals surface area contributed by atoms with Crippen molar-refractivity contribution in [2.45, 2.75) is 25.3 Å². The van der Waals surface area contributed by atoms with Crippen LogP contribution in [0.4, 0.5) is 0 Å². The Hall–Kier alpha value is -3.57. The summed E-state index contributed by atoms with van der Waals surface area (Å²) in [4.78, 5) is 5.08. The third-order valence-electron chi connectivity index (χ3n) is 6.15. The van der Waals surface area contributed by atoms with E-state index in [-0.39, 0.29) is 5.54 Å². The summed E-state index contributed by atoms with van der Waals surface area (Å²) in [6, 6.07) is 23.2. The van der Waals surface area contributed by atoms with E-state index >= 15 is 0 Å². The number of nitrogens with two attached hydrogens (primary N) is 1. The molecule has 0 unspecified atom stereocenters. The Bertz CT molecular complexity index is 1400. The van der Waals surface area contributed by atoms with Crippen molar-refractivity contribution in [2.24, 2.45) is 5.73 Å². The van der Waals surface area contributed by atoms with E-state index in [1.807, 2.05) is 29.7 Å². The average molecular weight is 391 g/mol. The number of pyridine rings is 2. The second-order valence-corrected chi connectivity index (χ2v) is 8.17. The number of rotatable bonds is 3. The van der Waals surface area contributed by atoms with Gasteiger partial charge in [-0.15, -0.1) is 10.2 Å². The van der Waals surface area contributed by atoms with E-state index in [1.54, 1.807) is 0 Å². The lowest BCUT2D eigenvalue weighted by molar-refractivity contribution is 0.740. The molecule has 2 aromatic carbocycles. The molecule has 3 aromatic heterocycles. The number of benzene rings is 2. The minimum atomic E-state index is -0.130. The van der Waals surface area contributed by atoms with Crippen LogP contribution in [0.5, 0.6) is 0 Å². The van der Waals surface area contributed by atoms with Crippen LogP contribution in [0.3, 0.4) is 0 Å². The molecule has 146 valence electrons. The first-order chi connectivity index (χ1) is 14.6. The number of fused-ring (bicyclic) bond motifs is 3. The average Bonchev–Trinajstić information content (AvgIpc) is 3.44. The molecular weight excluding hydrogens is 370 g/mol. The Labute approximate surface area is 174 Å². The monoisotopic (exact) mass is 391 g/mol. The summed E-state index contributed by atoms with van der Waals surface area (Å²) in [5.41, 5.74) is 13.4. The molecule has 5 heteroatoms. The van der Waals surface area contributed by atoms with Gasteiger partial charge in [0.05, 0.1) is 11.2 Å². The molecule has 0 bridgehead atoms. The van der Waals surface area contributed by atoms with Crippen LogP contribution in [0.15, 0.2) is 72.9 Å². The zero-order valence-electron chi connectivity index (χ0n) is 16.7. The van der Waals surface area contributed by atoms with E-state index in [1.165, 1.54) is 5.56 Å². The third kappa shape index (κ3) is 2.63. The van der Waals surface area contributed by atoms with Crippen LogP contribution in [0.1, 0.15) is 24.2 Å². The van der Waals surface area contributed by atoms with E-state index in [4.69, 9.17) is 10.7 Å². The predicted octanol–water partition coefficient (Wildman–Crippen LogP) is 4.87. The summed E-state index contributed by atoms with van der Waals surface area (Å²) in [5, 5.41) is 9.63. The molecule has 0 spiro atoms. The smallest absolute Gasteiger partial charge is 0.170 e. The molecule has 0 amide bonds. The van der Waals surface area contributed by atoms with Gasteiger partial charge in [0.25, 0.3) is 0 Å². The molecule has 0 aliphatic heterocycles. The second kappa shape index (κ2) is 6.21. The third-order valence-corrected chi connectivity index (χ3v) is 6.15. The van der Waals surface area contributed by atoms with Gasteiger partial charge in [-0.25, -0.2) is 4.98 Å². The summed E-state index contributed by atoms with van der Waals surface area (Å²) in [5.74, 6) is 0.864. The molecular formula is C25H21N5. The lowest BCUT2D eigenvalue weighted by Crippen LogP contribution is -2.18. The highest BCUT2D eigenvalue weighted by Crippen LogP contribution is 2.43. The number of hydrogen-bond donors (Lipinski definition) is 1. The van der Waals surface area contributed by atoms with Gasteiger partial charge in [-0.05, 0) is 43.0 Å². The normalized spacial score (nSPS) is 15.0. The SMILES string of the molecule is Cc1nnc2c3cc(-c4ccccc4)c(-c4ccc(C5(N)CC5)cc4)nc3ccn12. The number of nitrogens with zero attached hydrogens (tertiary/aromatic N) is 4. The van der Waals surface area contributed by atoms with Crippen molar-refractivity contribution < 1.29 is 0 Å². The minimum Gasteiger partial charge on any atom is -0.321 e. The van der Waals surface area contributed by atoms with Crippen LogP contribution in [-0.2, 0) is 5.54 Å². The first kappa shape index (κ1) is 17.3. The molecule has 0 atom stereocenters. The predicted molar refractivity (Wildman–Crippen MR) is 119 cm³/mol. The Morgan fingerprint density at radius 1 is 0.900 bits per heavy atom. The standard InChI is InChI=1S/C25H21N5/c1-16-28-29-24-21-15-20(17-5-3-2-4-6-17)23(27-22(21)11-14-30(16)24)18-7-9-19(10-8-18)25(26)12-13-25/h2-11,14-15H,12-13,26H2,1H3. The topological polar surface area (TPSA) is 69.1 Å². The zero-order chi connectivity index (χ0) is 20.3. The van der Waals surface area contributed by atoms with Crippen molar-refractivity contribution in [3.05, 3.63) is 84.3 Å². The van der Waals surface area contributed by atoms with Crippen LogP contribution in [-0.4, -0.2) is 19.6 Å². The van der Waals surface area contributed by atoms with Gasteiger partial charge in [0.15, 0.2) is 5.65 Å². The molecule has 3 heterocycles. The van der Waals surface area contributed by atoms with E-state index in [0.717, 1.165) is 57.6 Å². The lowest BCUT2D eigenvalue weighted by Gasteiger charge is -2.14. The molecule has 0 radical (unpaired) electrons. The van der Waals surface area contributed by atoms with Crippen molar-refractivity contribution in [1.29, 1.82) is 0 Å². The highest BCUT2D eigenvalue weighted by Gasteiger charge is 2.39. The maximum atomic E-state index is 6.38. The van der Waals surface area contributed by atoms with Crippen molar-refractivity contribution in [1.82, 2.24) is 19.6 Å². The van der Waals surface area contributed by atoms with Crippen molar-refractivity contribution in [3.8, 4) is 22.4 Å². The fraction of sp³-hybridized carbons (Fsp3) is 0.160. The second-order valence-electron chi connectivity index (χ2n) is 8.17. The highest BCUT2D eigenvalue weighted by molar-refractivity contribution is 5.98. The van der Waals surface area contributed by atoms with Crippen LogP contribution in [0.25, 0.3) is 38.9 Å². The van der Waals surface area contributed by atoms with Crippen molar-refractivity contribution in [3.63, 3.8) is 0 Å². The van der Waals surface area contributed by atoms with E-state index < -0.39 is 0 Å². The number of aromatic nitrogens is 4. The minimum absolute atomic E-state index is 0.130. The Morgan fingerprint density at radius 2 is 1.67 bits per heavy atom. The molecule has 2 N–H and O–H groups in total. The fourth-order valence-corrected chi connectivity index (χ4v) is 4.15. The van der Waals surface area contributed by atoms with Crippen LogP contribution >= 0.6 is 0 Å². The van der Waals surface area contributed by atoms with Gasteiger partial charge in [0.1, 0.15) is 5.82 Å².